The summed E-state index contributed by atoms with van der Waals surface area (Å²) in [6.45, 7) is 2.12. The Labute approximate surface area is 83.4 Å². The summed E-state index contributed by atoms with van der Waals surface area (Å²) in [5.41, 5.74) is 2.15. The van der Waals surface area contributed by atoms with Crippen LogP contribution in [0.15, 0.2) is 30.6 Å². The second kappa shape index (κ2) is 3.62. The van der Waals surface area contributed by atoms with E-state index in [1.54, 1.807) is 6.20 Å². The number of aromatic nitrogens is 3. The SMILES string of the molecule is CCc1cnc(-c2ccccn2)n1C. The first kappa shape index (κ1) is 8.94. The van der Waals surface area contributed by atoms with Gasteiger partial charge in [-0.1, -0.05) is 13.0 Å². The standard InChI is InChI=1S/C11H13N3/c1-3-9-8-13-11(14(9)2)10-6-4-5-7-12-10/h4-8H,3H2,1-2H3. The Hall–Kier alpha value is -1.64. The molecule has 0 aliphatic rings. The molecule has 14 heavy (non-hydrogen) atoms. The first-order chi connectivity index (χ1) is 6.83. The normalized spacial score (nSPS) is 10.4. The van der Waals surface area contributed by atoms with Crippen molar-refractivity contribution in [3.8, 4) is 11.5 Å². The van der Waals surface area contributed by atoms with E-state index < -0.39 is 0 Å². The molecule has 0 atom stereocenters. The van der Waals surface area contributed by atoms with Crippen LogP contribution in [0.3, 0.4) is 0 Å². The van der Waals surface area contributed by atoms with Gasteiger partial charge in [-0.25, -0.2) is 4.98 Å². The van der Waals surface area contributed by atoms with Crippen LogP contribution in [-0.4, -0.2) is 14.5 Å². The number of pyridine rings is 1. The molecule has 2 aromatic rings. The molecular weight excluding hydrogens is 174 g/mol. The van der Waals surface area contributed by atoms with Crippen LogP contribution < -0.4 is 0 Å². The largest absolute Gasteiger partial charge is 0.330 e. The Kier molecular flexibility index (Phi) is 2.31. The fraction of sp³-hybridized carbons (Fsp3) is 0.273. The summed E-state index contributed by atoms with van der Waals surface area (Å²) >= 11 is 0. The molecule has 0 aliphatic carbocycles. The summed E-state index contributed by atoms with van der Waals surface area (Å²) in [6, 6.07) is 5.86. The molecule has 3 nitrogen and oxygen atoms in total. The van der Waals surface area contributed by atoms with Crippen molar-refractivity contribution in [2.75, 3.05) is 0 Å². The molecule has 0 spiro atoms. The van der Waals surface area contributed by atoms with Crippen LogP contribution in [0, 0.1) is 0 Å². The summed E-state index contributed by atoms with van der Waals surface area (Å²) in [6.07, 6.45) is 4.69. The van der Waals surface area contributed by atoms with Gasteiger partial charge >= 0.3 is 0 Å². The summed E-state index contributed by atoms with van der Waals surface area (Å²) in [5.74, 6) is 0.933. The Morgan fingerprint density at radius 2 is 2.14 bits per heavy atom. The number of hydrogen-bond donors (Lipinski definition) is 0. The van der Waals surface area contributed by atoms with Crippen LogP contribution in [0.1, 0.15) is 12.6 Å². The minimum absolute atomic E-state index is 0.926. The number of nitrogens with zero attached hydrogens (tertiary/aromatic N) is 3. The Bertz CT molecular complexity index is 417. The molecule has 0 unspecified atom stereocenters. The zero-order chi connectivity index (χ0) is 9.97. The van der Waals surface area contributed by atoms with Crippen molar-refractivity contribution >= 4 is 0 Å². The second-order valence-corrected chi connectivity index (χ2v) is 3.20. The third kappa shape index (κ3) is 1.41. The quantitative estimate of drug-likeness (QED) is 0.720. The van der Waals surface area contributed by atoms with Crippen molar-refractivity contribution in [2.45, 2.75) is 13.3 Å². The lowest BCUT2D eigenvalue weighted by Gasteiger charge is -2.02. The summed E-state index contributed by atoms with van der Waals surface area (Å²) in [4.78, 5) is 8.63. The molecule has 0 amide bonds. The lowest BCUT2D eigenvalue weighted by molar-refractivity contribution is 0.838. The number of imidazole rings is 1. The molecule has 0 aromatic carbocycles. The first-order valence-electron chi connectivity index (χ1n) is 4.75. The van der Waals surface area contributed by atoms with Gasteiger partial charge in [-0.3, -0.25) is 4.98 Å². The molecule has 0 fully saturated rings. The van der Waals surface area contributed by atoms with E-state index >= 15 is 0 Å². The highest BCUT2D eigenvalue weighted by Gasteiger charge is 2.07. The fourth-order valence-electron chi connectivity index (χ4n) is 1.51. The molecule has 0 saturated heterocycles. The summed E-state index contributed by atoms with van der Waals surface area (Å²) < 4.78 is 2.09. The number of rotatable bonds is 2. The first-order valence-corrected chi connectivity index (χ1v) is 4.75. The molecule has 72 valence electrons. The van der Waals surface area contributed by atoms with Gasteiger partial charge < -0.3 is 4.57 Å². The van der Waals surface area contributed by atoms with Gasteiger partial charge in [0.15, 0.2) is 5.82 Å². The van der Waals surface area contributed by atoms with Gasteiger partial charge in [-0.2, -0.15) is 0 Å². The third-order valence-electron chi connectivity index (χ3n) is 2.34. The van der Waals surface area contributed by atoms with Crippen molar-refractivity contribution in [3.05, 3.63) is 36.3 Å². The highest BCUT2D eigenvalue weighted by atomic mass is 15.1. The van der Waals surface area contributed by atoms with E-state index in [1.165, 1.54) is 5.69 Å². The zero-order valence-corrected chi connectivity index (χ0v) is 8.44. The molecular formula is C11H13N3. The van der Waals surface area contributed by atoms with Gasteiger partial charge in [0.2, 0.25) is 0 Å². The average Bonchev–Trinajstić information content (AvgIpc) is 2.61. The van der Waals surface area contributed by atoms with Crippen molar-refractivity contribution < 1.29 is 0 Å². The van der Waals surface area contributed by atoms with E-state index in [1.807, 2.05) is 31.4 Å². The Morgan fingerprint density at radius 3 is 2.71 bits per heavy atom. The number of hydrogen-bond acceptors (Lipinski definition) is 2. The van der Waals surface area contributed by atoms with E-state index in [9.17, 15) is 0 Å². The molecule has 0 N–H and O–H groups in total. The molecule has 2 heterocycles. The maximum absolute atomic E-state index is 4.36. The maximum Gasteiger partial charge on any atom is 0.158 e. The van der Waals surface area contributed by atoms with Crippen LogP contribution in [0.2, 0.25) is 0 Å². The van der Waals surface area contributed by atoms with Gasteiger partial charge in [0.1, 0.15) is 5.69 Å². The van der Waals surface area contributed by atoms with E-state index in [4.69, 9.17) is 0 Å². The van der Waals surface area contributed by atoms with Gasteiger partial charge in [0.05, 0.1) is 0 Å². The van der Waals surface area contributed by atoms with Crippen LogP contribution in [0.4, 0.5) is 0 Å². The van der Waals surface area contributed by atoms with Crippen molar-refractivity contribution in [3.63, 3.8) is 0 Å². The predicted octanol–water partition coefficient (Wildman–Crippen LogP) is 2.04. The molecule has 0 bridgehead atoms. The smallest absolute Gasteiger partial charge is 0.158 e. The second-order valence-electron chi connectivity index (χ2n) is 3.20. The topological polar surface area (TPSA) is 30.7 Å². The fourth-order valence-corrected chi connectivity index (χ4v) is 1.51. The van der Waals surface area contributed by atoms with Gasteiger partial charge in [-0.15, -0.1) is 0 Å². The summed E-state index contributed by atoms with van der Waals surface area (Å²) in [7, 11) is 2.02. The minimum atomic E-state index is 0.926. The van der Waals surface area contributed by atoms with Crippen molar-refractivity contribution in [1.29, 1.82) is 0 Å². The maximum atomic E-state index is 4.36. The molecule has 2 rings (SSSR count). The van der Waals surface area contributed by atoms with Crippen LogP contribution in [0.25, 0.3) is 11.5 Å². The van der Waals surface area contributed by atoms with Crippen LogP contribution >= 0.6 is 0 Å². The molecule has 0 aliphatic heterocycles. The van der Waals surface area contributed by atoms with E-state index in [0.29, 0.717) is 0 Å². The lowest BCUT2D eigenvalue weighted by atomic mass is 10.3. The van der Waals surface area contributed by atoms with E-state index in [-0.39, 0.29) is 0 Å². The minimum Gasteiger partial charge on any atom is -0.330 e. The highest BCUT2D eigenvalue weighted by Crippen LogP contribution is 2.15. The van der Waals surface area contributed by atoms with E-state index in [2.05, 4.69) is 21.5 Å². The Balaban J connectivity index is 2.48. The molecule has 3 heteroatoms. The van der Waals surface area contributed by atoms with Gasteiger partial charge in [0, 0.05) is 25.1 Å². The van der Waals surface area contributed by atoms with E-state index in [0.717, 1.165) is 17.9 Å². The van der Waals surface area contributed by atoms with Crippen LogP contribution in [0.5, 0.6) is 0 Å². The molecule has 2 aromatic heterocycles. The number of aryl methyl sites for hydroxylation is 1. The third-order valence-corrected chi connectivity index (χ3v) is 2.34. The average molecular weight is 187 g/mol. The van der Waals surface area contributed by atoms with Crippen molar-refractivity contribution in [2.24, 2.45) is 7.05 Å². The zero-order valence-electron chi connectivity index (χ0n) is 8.44. The Morgan fingerprint density at radius 1 is 1.29 bits per heavy atom. The monoisotopic (exact) mass is 187 g/mol. The van der Waals surface area contributed by atoms with Crippen molar-refractivity contribution in [1.82, 2.24) is 14.5 Å². The lowest BCUT2D eigenvalue weighted by Crippen LogP contribution is -1.98. The van der Waals surface area contributed by atoms with Gasteiger partial charge in [-0.05, 0) is 18.6 Å². The van der Waals surface area contributed by atoms with Crippen LogP contribution in [-0.2, 0) is 13.5 Å². The molecule has 0 radical (unpaired) electrons. The highest BCUT2D eigenvalue weighted by molar-refractivity contribution is 5.49. The molecule has 0 saturated carbocycles. The predicted molar refractivity (Wildman–Crippen MR) is 55.8 cm³/mol. The van der Waals surface area contributed by atoms with Gasteiger partial charge in [0.25, 0.3) is 0 Å². The summed E-state index contributed by atoms with van der Waals surface area (Å²) in [5, 5.41) is 0.